The zero-order valence-electron chi connectivity index (χ0n) is 13.7. The van der Waals surface area contributed by atoms with E-state index in [9.17, 15) is 5.11 Å². The van der Waals surface area contributed by atoms with Crippen LogP contribution in [-0.2, 0) is 6.42 Å². The highest BCUT2D eigenvalue weighted by atomic mass is 127. The van der Waals surface area contributed by atoms with E-state index in [0.717, 1.165) is 28.6 Å². The van der Waals surface area contributed by atoms with Crippen LogP contribution in [0.1, 0.15) is 26.3 Å². The van der Waals surface area contributed by atoms with Crippen LogP contribution < -0.4 is 10.1 Å². The molecule has 0 aliphatic carbocycles. The van der Waals surface area contributed by atoms with E-state index in [1.54, 1.807) is 12.1 Å². The van der Waals surface area contributed by atoms with Gasteiger partial charge in [-0.05, 0) is 117 Å². The number of hydrogen-bond acceptors (Lipinski definition) is 3. The summed E-state index contributed by atoms with van der Waals surface area (Å²) in [6.45, 7) is 6.54. The van der Waals surface area contributed by atoms with Gasteiger partial charge in [0, 0.05) is 12.1 Å². The lowest BCUT2D eigenvalue weighted by atomic mass is 10.1. The van der Waals surface area contributed by atoms with Gasteiger partial charge >= 0.3 is 0 Å². The third-order valence-electron chi connectivity index (χ3n) is 3.36. The number of phenols is 1. The zero-order valence-corrected chi connectivity index (χ0v) is 20.2. The molecular formula is C18H20I3NO2. The molecule has 0 radical (unpaired) electrons. The summed E-state index contributed by atoms with van der Waals surface area (Å²) >= 11 is 6.75. The number of ether oxygens (including phenoxy) is 1. The van der Waals surface area contributed by atoms with Crippen molar-refractivity contribution < 1.29 is 9.84 Å². The molecule has 2 N–H and O–H groups in total. The molecule has 6 heteroatoms. The first-order chi connectivity index (χ1) is 11.3. The van der Waals surface area contributed by atoms with Gasteiger partial charge in [-0.15, -0.1) is 0 Å². The molecule has 2 aromatic rings. The van der Waals surface area contributed by atoms with E-state index >= 15 is 0 Å². The molecule has 1 unspecified atom stereocenters. The summed E-state index contributed by atoms with van der Waals surface area (Å²) in [4.78, 5) is 0. The Labute approximate surface area is 184 Å². The van der Waals surface area contributed by atoms with Gasteiger partial charge in [-0.1, -0.05) is 13.8 Å². The number of phenolic OH excluding ortho intramolecular Hbond substituents is 1. The number of rotatable bonds is 6. The Kier molecular flexibility index (Phi) is 7.88. The molecule has 0 aromatic heterocycles. The summed E-state index contributed by atoms with van der Waals surface area (Å²) in [5, 5.41) is 13.2. The molecule has 2 rings (SSSR count). The van der Waals surface area contributed by atoms with Gasteiger partial charge in [-0.2, -0.15) is 0 Å². The van der Waals surface area contributed by atoms with Gasteiger partial charge in [-0.25, -0.2) is 0 Å². The van der Waals surface area contributed by atoms with Gasteiger partial charge in [0.05, 0.1) is 10.7 Å². The van der Waals surface area contributed by atoms with Crippen molar-refractivity contribution in [1.82, 2.24) is 5.32 Å². The van der Waals surface area contributed by atoms with E-state index in [1.165, 1.54) is 5.56 Å². The van der Waals surface area contributed by atoms with E-state index in [0.29, 0.717) is 12.1 Å². The maximum atomic E-state index is 9.63. The van der Waals surface area contributed by atoms with E-state index in [1.807, 2.05) is 6.07 Å². The highest BCUT2D eigenvalue weighted by Crippen LogP contribution is 2.34. The molecule has 0 aliphatic rings. The standard InChI is InChI=1S/C18H20I3NO2/c1-10(2)22-11(3)6-12-7-15(20)18(16(21)8-12)24-13-4-5-17(23)14(19)9-13/h4-5,7-11,22-23H,6H2,1-3H3. The third kappa shape index (κ3) is 5.87. The Balaban J connectivity index is 2.18. The van der Waals surface area contributed by atoms with E-state index < -0.39 is 0 Å². The van der Waals surface area contributed by atoms with Gasteiger partial charge in [0.15, 0.2) is 5.75 Å². The van der Waals surface area contributed by atoms with Crippen molar-refractivity contribution in [3.05, 3.63) is 46.6 Å². The maximum absolute atomic E-state index is 9.63. The first-order valence-corrected chi connectivity index (χ1v) is 10.9. The van der Waals surface area contributed by atoms with Gasteiger partial charge in [0.25, 0.3) is 0 Å². The van der Waals surface area contributed by atoms with Crippen molar-refractivity contribution >= 4 is 67.8 Å². The van der Waals surface area contributed by atoms with Crippen molar-refractivity contribution in [3.63, 3.8) is 0 Å². The number of halogens is 3. The second kappa shape index (κ2) is 9.22. The maximum Gasteiger partial charge on any atom is 0.154 e. The molecule has 0 saturated heterocycles. The molecule has 3 nitrogen and oxygen atoms in total. The van der Waals surface area contributed by atoms with Crippen molar-refractivity contribution in [1.29, 1.82) is 0 Å². The Hall–Kier alpha value is 0.190. The number of benzene rings is 2. The summed E-state index contributed by atoms with van der Waals surface area (Å²) in [5.41, 5.74) is 1.30. The Bertz CT molecular complexity index is 696. The van der Waals surface area contributed by atoms with Crippen LogP contribution >= 0.6 is 67.8 Å². The summed E-state index contributed by atoms with van der Waals surface area (Å²) in [7, 11) is 0. The molecule has 0 fully saturated rings. The second-order valence-corrected chi connectivity index (χ2v) is 9.52. The van der Waals surface area contributed by atoms with Gasteiger partial charge in [0.2, 0.25) is 0 Å². The lowest BCUT2D eigenvalue weighted by molar-refractivity contribution is 0.458. The molecule has 130 valence electrons. The van der Waals surface area contributed by atoms with E-state index in [4.69, 9.17) is 4.74 Å². The molecular weight excluding hydrogens is 643 g/mol. The molecule has 0 amide bonds. The fourth-order valence-electron chi connectivity index (χ4n) is 2.48. The fourth-order valence-corrected chi connectivity index (χ4v) is 5.08. The second-order valence-electron chi connectivity index (χ2n) is 6.03. The van der Waals surface area contributed by atoms with Crippen LogP contribution in [0.15, 0.2) is 30.3 Å². The number of nitrogens with one attached hydrogen (secondary N) is 1. The normalized spacial score (nSPS) is 12.5. The van der Waals surface area contributed by atoms with Crippen LogP contribution in [0.2, 0.25) is 0 Å². The highest BCUT2D eigenvalue weighted by Gasteiger charge is 2.13. The van der Waals surface area contributed by atoms with Crippen LogP contribution in [-0.4, -0.2) is 17.2 Å². The topological polar surface area (TPSA) is 41.5 Å². The Morgan fingerprint density at radius 1 is 1.00 bits per heavy atom. The molecule has 0 bridgehead atoms. The summed E-state index contributed by atoms with van der Waals surface area (Å²) in [6, 6.07) is 10.6. The summed E-state index contributed by atoms with van der Waals surface area (Å²) in [5.74, 6) is 1.87. The predicted molar refractivity (Wildman–Crippen MR) is 124 cm³/mol. The first-order valence-electron chi connectivity index (χ1n) is 7.66. The number of hydrogen-bond donors (Lipinski definition) is 2. The number of aromatic hydroxyl groups is 1. The highest BCUT2D eigenvalue weighted by molar-refractivity contribution is 14.1. The monoisotopic (exact) mass is 663 g/mol. The van der Waals surface area contributed by atoms with Gasteiger partial charge in [-0.3, -0.25) is 0 Å². The van der Waals surface area contributed by atoms with E-state index in [2.05, 4.69) is 106 Å². The Morgan fingerprint density at radius 3 is 2.17 bits per heavy atom. The zero-order chi connectivity index (χ0) is 17.9. The minimum atomic E-state index is 0.273. The van der Waals surface area contributed by atoms with Crippen molar-refractivity contribution in [2.24, 2.45) is 0 Å². The average Bonchev–Trinajstić information content (AvgIpc) is 2.45. The van der Waals surface area contributed by atoms with Crippen LogP contribution in [0.4, 0.5) is 0 Å². The van der Waals surface area contributed by atoms with Crippen molar-refractivity contribution in [2.75, 3.05) is 0 Å². The molecule has 0 heterocycles. The minimum Gasteiger partial charge on any atom is -0.507 e. The molecule has 0 spiro atoms. The summed E-state index contributed by atoms with van der Waals surface area (Å²) < 4.78 is 9.02. The third-order valence-corrected chi connectivity index (χ3v) is 5.82. The van der Waals surface area contributed by atoms with Crippen LogP contribution in [0.5, 0.6) is 17.2 Å². The van der Waals surface area contributed by atoms with Crippen molar-refractivity contribution in [3.8, 4) is 17.2 Å². The smallest absolute Gasteiger partial charge is 0.154 e. The first kappa shape index (κ1) is 20.5. The Morgan fingerprint density at radius 2 is 1.62 bits per heavy atom. The van der Waals surface area contributed by atoms with Gasteiger partial charge < -0.3 is 15.2 Å². The predicted octanol–water partition coefficient (Wildman–Crippen LogP) is 5.93. The molecule has 2 aromatic carbocycles. The quantitative estimate of drug-likeness (QED) is 0.377. The lowest BCUT2D eigenvalue weighted by Crippen LogP contribution is -2.33. The lowest BCUT2D eigenvalue weighted by Gasteiger charge is -2.18. The average molecular weight is 663 g/mol. The minimum absolute atomic E-state index is 0.273. The molecule has 0 saturated carbocycles. The largest absolute Gasteiger partial charge is 0.507 e. The molecule has 24 heavy (non-hydrogen) atoms. The van der Waals surface area contributed by atoms with Crippen molar-refractivity contribution in [2.45, 2.75) is 39.3 Å². The molecule has 1 atom stereocenters. The molecule has 0 aliphatic heterocycles. The van der Waals surface area contributed by atoms with Gasteiger partial charge in [0.1, 0.15) is 11.5 Å². The van der Waals surface area contributed by atoms with Crippen LogP contribution in [0.25, 0.3) is 0 Å². The summed E-state index contributed by atoms with van der Waals surface area (Å²) in [6.07, 6.45) is 0.988. The van der Waals surface area contributed by atoms with Crippen LogP contribution in [0, 0.1) is 10.7 Å². The van der Waals surface area contributed by atoms with E-state index in [-0.39, 0.29) is 5.75 Å². The SMILES string of the molecule is CC(C)NC(C)Cc1cc(I)c(Oc2ccc(O)c(I)c2)c(I)c1. The fraction of sp³-hybridized carbons (Fsp3) is 0.333. The van der Waals surface area contributed by atoms with Crippen LogP contribution in [0.3, 0.4) is 0 Å².